The summed E-state index contributed by atoms with van der Waals surface area (Å²) in [6, 6.07) is 5.73. The highest BCUT2D eigenvalue weighted by Crippen LogP contribution is 2.23. The number of rotatable bonds is 6. The molecule has 1 saturated heterocycles. The summed E-state index contributed by atoms with van der Waals surface area (Å²) in [6.07, 6.45) is 3.15. The number of nitrogens with zero attached hydrogens (tertiary/aromatic N) is 1. The summed E-state index contributed by atoms with van der Waals surface area (Å²) >= 11 is 0. The number of hydrogen-bond acceptors (Lipinski definition) is 4. The number of carbonyl (C=O) groups is 3. The number of piperidine rings is 1. The summed E-state index contributed by atoms with van der Waals surface area (Å²) in [6.45, 7) is 5.46. The minimum absolute atomic E-state index is 0.0400. The molecule has 0 bridgehead atoms. The topological polar surface area (TPSA) is 95.9 Å². The molecule has 3 atom stereocenters. The molecule has 7 heteroatoms. The van der Waals surface area contributed by atoms with Gasteiger partial charge in [-0.15, -0.1) is 0 Å². The van der Waals surface area contributed by atoms with Crippen LogP contribution in [0.3, 0.4) is 0 Å². The molecule has 1 fully saturated rings. The number of aliphatic carboxylic acids is 1. The summed E-state index contributed by atoms with van der Waals surface area (Å²) in [5.41, 5.74) is 0.329. The van der Waals surface area contributed by atoms with Crippen LogP contribution in [0.5, 0.6) is 5.75 Å². The Labute approximate surface area is 153 Å². The standard InChI is InChI=1S/C19H26N2O5/c1-12-5-4-6-13(2)21(12)17(22)11-26-16-9-7-15(8-10-16)18(23)20-14(3)19(24)25/h7-10,12-14H,4-6,11H2,1-3H3,(H,20,23)(H,24,25)/t12?,13?,14-/m0/s1. The van der Waals surface area contributed by atoms with Crippen LogP contribution in [0.2, 0.25) is 0 Å². The highest BCUT2D eigenvalue weighted by atomic mass is 16.5. The van der Waals surface area contributed by atoms with E-state index in [-0.39, 0.29) is 24.6 Å². The van der Waals surface area contributed by atoms with Crippen molar-refractivity contribution >= 4 is 17.8 Å². The summed E-state index contributed by atoms with van der Waals surface area (Å²) < 4.78 is 5.55. The molecule has 1 aliphatic heterocycles. The van der Waals surface area contributed by atoms with Crippen LogP contribution in [0.4, 0.5) is 0 Å². The van der Waals surface area contributed by atoms with E-state index in [1.54, 1.807) is 12.1 Å². The number of hydrogen-bond donors (Lipinski definition) is 2. The molecule has 0 spiro atoms. The number of amides is 2. The van der Waals surface area contributed by atoms with Gasteiger partial charge >= 0.3 is 5.97 Å². The third kappa shape index (κ3) is 4.97. The van der Waals surface area contributed by atoms with Gasteiger partial charge in [0.25, 0.3) is 11.8 Å². The van der Waals surface area contributed by atoms with Crippen LogP contribution in [0, 0.1) is 0 Å². The Kier molecular flexibility index (Phi) is 6.60. The first-order valence-electron chi connectivity index (χ1n) is 8.87. The molecule has 0 radical (unpaired) electrons. The average Bonchev–Trinajstić information content (AvgIpc) is 2.60. The summed E-state index contributed by atoms with van der Waals surface area (Å²) in [5, 5.41) is 11.2. The van der Waals surface area contributed by atoms with E-state index in [1.165, 1.54) is 19.1 Å². The first kappa shape index (κ1) is 19.8. The van der Waals surface area contributed by atoms with E-state index >= 15 is 0 Å². The van der Waals surface area contributed by atoms with Gasteiger partial charge in [-0.2, -0.15) is 0 Å². The lowest BCUT2D eigenvalue weighted by Gasteiger charge is -2.38. The minimum atomic E-state index is -1.10. The van der Waals surface area contributed by atoms with Gasteiger partial charge in [-0.1, -0.05) is 0 Å². The minimum Gasteiger partial charge on any atom is -0.484 e. The van der Waals surface area contributed by atoms with Gasteiger partial charge in [-0.25, -0.2) is 0 Å². The normalized spacial score (nSPS) is 21.0. The number of carbonyl (C=O) groups excluding carboxylic acids is 2. The van der Waals surface area contributed by atoms with Crippen molar-refractivity contribution in [3.05, 3.63) is 29.8 Å². The maximum Gasteiger partial charge on any atom is 0.325 e. The molecule has 1 aliphatic rings. The largest absolute Gasteiger partial charge is 0.484 e. The second-order valence-electron chi connectivity index (χ2n) is 6.78. The SMILES string of the molecule is CC1CCCC(C)N1C(=O)COc1ccc(C(=O)N[C@@H](C)C(=O)O)cc1. The molecule has 1 aromatic carbocycles. The molecule has 2 rings (SSSR count). The molecule has 7 nitrogen and oxygen atoms in total. The van der Waals surface area contributed by atoms with Gasteiger partial charge in [-0.3, -0.25) is 14.4 Å². The lowest BCUT2D eigenvalue weighted by Crippen LogP contribution is -2.49. The number of ether oxygens (including phenoxy) is 1. The molecule has 0 aromatic heterocycles. The smallest absolute Gasteiger partial charge is 0.325 e. The molecule has 0 saturated carbocycles. The Bertz CT molecular complexity index is 648. The van der Waals surface area contributed by atoms with E-state index in [0.717, 1.165) is 19.3 Å². The Balaban J connectivity index is 1.90. The zero-order chi connectivity index (χ0) is 19.3. The van der Waals surface area contributed by atoms with Crippen LogP contribution < -0.4 is 10.1 Å². The van der Waals surface area contributed by atoms with E-state index < -0.39 is 17.9 Å². The fourth-order valence-electron chi connectivity index (χ4n) is 3.18. The van der Waals surface area contributed by atoms with Crippen molar-refractivity contribution in [1.82, 2.24) is 10.2 Å². The van der Waals surface area contributed by atoms with E-state index in [4.69, 9.17) is 9.84 Å². The third-order valence-electron chi connectivity index (χ3n) is 4.68. The highest BCUT2D eigenvalue weighted by molar-refractivity contribution is 5.96. The molecule has 2 amide bonds. The lowest BCUT2D eigenvalue weighted by molar-refractivity contribution is -0.140. The van der Waals surface area contributed by atoms with E-state index in [0.29, 0.717) is 11.3 Å². The van der Waals surface area contributed by atoms with Crippen molar-refractivity contribution in [1.29, 1.82) is 0 Å². The number of carboxylic acid groups (broad SMARTS) is 1. The van der Waals surface area contributed by atoms with Crippen molar-refractivity contribution in [3.63, 3.8) is 0 Å². The van der Waals surface area contributed by atoms with Crippen LogP contribution in [-0.2, 0) is 9.59 Å². The Morgan fingerprint density at radius 3 is 2.31 bits per heavy atom. The fraction of sp³-hybridized carbons (Fsp3) is 0.526. The molecule has 2 unspecified atom stereocenters. The summed E-state index contributed by atoms with van der Waals surface area (Å²) in [4.78, 5) is 37.0. The van der Waals surface area contributed by atoms with Crippen LogP contribution in [0.25, 0.3) is 0 Å². The fourth-order valence-corrected chi connectivity index (χ4v) is 3.18. The number of benzene rings is 1. The monoisotopic (exact) mass is 362 g/mol. The van der Waals surface area contributed by atoms with Crippen molar-refractivity contribution in [2.24, 2.45) is 0 Å². The summed E-state index contributed by atoms with van der Waals surface area (Å²) in [5.74, 6) is -1.13. The van der Waals surface area contributed by atoms with Crippen molar-refractivity contribution in [2.45, 2.75) is 58.2 Å². The predicted molar refractivity (Wildman–Crippen MR) is 96.1 cm³/mol. The van der Waals surface area contributed by atoms with Gasteiger partial charge < -0.3 is 20.1 Å². The predicted octanol–water partition coefficient (Wildman–Crippen LogP) is 2.06. The highest BCUT2D eigenvalue weighted by Gasteiger charge is 2.29. The van der Waals surface area contributed by atoms with Gasteiger partial charge in [-0.05, 0) is 64.3 Å². The van der Waals surface area contributed by atoms with Crippen molar-refractivity contribution in [2.75, 3.05) is 6.61 Å². The van der Waals surface area contributed by atoms with E-state index in [2.05, 4.69) is 19.2 Å². The molecule has 142 valence electrons. The second-order valence-corrected chi connectivity index (χ2v) is 6.78. The molecule has 1 heterocycles. The maximum atomic E-state index is 12.4. The Morgan fingerprint density at radius 2 is 1.77 bits per heavy atom. The average molecular weight is 362 g/mol. The van der Waals surface area contributed by atoms with Crippen LogP contribution in [-0.4, -0.2) is 52.5 Å². The molecule has 26 heavy (non-hydrogen) atoms. The number of nitrogens with one attached hydrogen (secondary N) is 1. The maximum absolute atomic E-state index is 12.4. The van der Waals surface area contributed by atoms with Crippen molar-refractivity contribution < 1.29 is 24.2 Å². The molecule has 2 N–H and O–H groups in total. The second kappa shape index (κ2) is 8.69. The van der Waals surface area contributed by atoms with Gasteiger partial charge in [0, 0.05) is 17.6 Å². The van der Waals surface area contributed by atoms with Crippen LogP contribution >= 0.6 is 0 Å². The van der Waals surface area contributed by atoms with Crippen molar-refractivity contribution in [3.8, 4) is 5.75 Å². The molecular formula is C19H26N2O5. The van der Waals surface area contributed by atoms with E-state index in [9.17, 15) is 14.4 Å². The van der Waals surface area contributed by atoms with Gasteiger partial charge in [0.15, 0.2) is 6.61 Å². The van der Waals surface area contributed by atoms with Gasteiger partial charge in [0.05, 0.1) is 0 Å². The van der Waals surface area contributed by atoms with Gasteiger partial charge in [0.2, 0.25) is 0 Å². The van der Waals surface area contributed by atoms with E-state index in [1.807, 2.05) is 4.90 Å². The van der Waals surface area contributed by atoms with Crippen LogP contribution in [0.15, 0.2) is 24.3 Å². The number of likely N-dealkylation sites (tertiary alicyclic amines) is 1. The van der Waals surface area contributed by atoms with Gasteiger partial charge in [0.1, 0.15) is 11.8 Å². The third-order valence-corrected chi connectivity index (χ3v) is 4.68. The van der Waals surface area contributed by atoms with Crippen LogP contribution in [0.1, 0.15) is 50.4 Å². The Morgan fingerprint density at radius 1 is 1.19 bits per heavy atom. The molecule has 0 aliphatic carbocycles. The molecule has 1 aromatic rings. The Hall–Kier alpha value is -2.57. The zero-order valence-corrected chi connectivity index (χ0v) is 15.4. The quantitative estimate of drug-likeness (QED) is 0.807. The summed E-state index contributed by atoms with van der Waals surface area (Å²) in [7, 11) is 0. The first-order chi connectivity index (χ1) is 12.3. The molecular weight excluding hydrogens is 336 g/mol. The zero-order valence-electron chi connectivity index (χ0n) is 15.4. The lowest BCUT2D eigenvalue weighted by atomic mass is 9.97. The first-order valence-corrected chi connectivity index (χ1v) is 8.87. The number of carboxylic acids is 1.